The van der Waals surface area contributed by atoms with E-state index in [4.69, 9.17) is 0 Å². The van der Waals surface area contributed by atoms with Gasteiger partial charge in [-0.1, -0.05) is 0 Å². The summed E-state index contributed by atoms with van der Waals surface area (Å²) in [5.41, 5.74) is 0.813. The Morgan fingerprint density at radius 2 is 2.19 bits per heavy atom. The van der Waals surface area contributed by atoms with Gasteiger partial charge < -0.3 is 14.5 Å². The molecule has 21 heavy (non-hydrogen) atoms. The molecule has 5 nitrogen and oxygen atoms in total. The largest absolute Gasteiger partial charge is 0.342 e. The SMILES string of the molecule is CCn1ccnc1CC(=O)c1cccn1C1CCNCC1. The van der Waals surface area contributed by atoms with Gasteiger partial charge in [-0.25, -0.2) is 4.98 Å². The predicted molar refractivity (Wildman–Crippen MR) is 81.5 cm³/mol. The lowest BCUT2D eigenvalue weighted by atomic mass is 10.1. The Hall–Kier alpha value is -1.88. The molecule has 1 saturated heterocycles. The second-order valence-electron chi connectivity index (χ2n) is 5.51. The Bertz CT molecular complexity index is 607. The standard InChI is InChI=1S/C16H22N4O/c1-2-19-11-9-18-16(19)12-15(21)14-4-3-10-20(14)13-5-7-17-8-6-13/h3-4,9-11,13,17H,2,5-8,12H2,1H3. The van der Waals surface area contributed by atoms with Gasteiger partial charge in [-0.2, -0.15) is 0 Å². The number of aromatic nitrogens is 3. The Balaban J connectivity index is 1.77. The molecule has 2 aromatic rings. The summed E-state index contributed by atoms with van der Waals surface area (Å²) in [6, 6.07) is 4.34. The number of piperidine rings is 1. The summed E-state index contributed by atoms with van der Waals surface area (Å²) >= 11 is 0. The Morgan fingerprint density at radius 1 is 1.38 bits per heavy atom. The van der Waals surface area contributed by atoms with E-state index in [1.807, 2.05) is 29.1 Å². The number of hydrogen-bond donors (Lipinski definition) is 1. The summed E-state index contributed by atoms with van der Waals surface area (Å²) in [5.74, 6) is 1.000. The van der Waals surface area contributed by atoms with Crippen LogP contribution in [0.5, 0.6) is 0 Å². The summed E-state index contributed by atoms with van der Waals surface area (Å²) in [7, 11) is 0. The molecule has 0 unspecified atom stereocenters. The van der Waals surface area contributed by atoms with Crippen molar-refractivity contribution in [2.75, 3.05) is 13.1 Å². The minimum atomic E-state index is 0.152. The number of rotatable bonds is 5. The molecule has 3 rings (SSSR count). The summed E-state index contributed by atoms with van der Waals surface area (Å²) in [6.45, 7) is 4.96. The number of nitrogens with one attached hydrogen (secondary N) is 1. The molecule has 1 aliphatic rings. The first-order valence-corrected chi connectivity index (χ1v) is 7.70. The van der Waals surface area contributed by atoms with Gasteiger partial charge in [-0.15, -0.1) is 0 Å². The van der Waals surface area contributed by atoms with E-state index in [0.29, 0.717) is 12.5 Å². The average molecular weight is 286 g/mol. The van der Waals surface area contributed by atoms with Crippen LogP contribution < -0.4 is 5.32 Å². The van der Waals surface area contributed by atoms with Crippen molar-refractivity contribution in [1.82, 2.24) is 19.4 Å². The zero-order chi connectivity index (χ0) is 14.7. The highest BCUT2D eigenvalue weighted by Crippen LogP contribution is 2.22. The topological polar surface area (TPSA) is 51.9 Å². The van der Waals surface area contributed by atoms with Gasteiger partial charge in [0.2, 0.25) is 0 Å². The van der Waals surface area contributed by atoms with Crippen LogP contribution in [0.1, 0.15) is 42.1 Å². The number of Topliss-reactive ketones (excluding diaryl/α,β-unsaturated/α-hetero) is 1. The van der Waals surface area contributed by atoms with Gasteiger partial charge in [0.15, 0.2) is 5.78 Å². The molecule has 3 heterocycles. The van der Waals surface area contributed by atoms with Crippen molar-refractivity contribution in [2.24, 2.45) is 0 Å². The zero-order valence-electron chi connectivity index (χ0n) is 12.5. The first-order valence-electron chi connectivity index (χ1n) is 7.70. The summed E-state index contributed by atoms with van der Waals surface area (Å²) in [6.07, 6.45) is 8.26. The monoisotopic (exact) mass is 286 g/mol. The first kappa shape index (κ1) is 14.1. The van der Waals surface area contributed by atoms with Crippen molar-refractivity contribution in [1.29, 1.82) is 0 Å². The number of aryl methyl sites for hydroxylation is 1. The minimum Gasteiger partial charge on any atom is -0.342 e. The molecular weight excluding hydrogens is 264 g/mol. The maximum Gasteiger partial charge on any atom is 0.186 e. The van der Waals surface area contributed by atoms with Gasteiger partial charge in [-0.05, 0) is 45.0 Å². The molecular formula is C16H22N4O. The second-order valence-corrected chi connectivity index (χ2v) is 5.51. The lowest BCUT2D eigenvalue weighted by Crippen LogP contribution is -2.30. The average Bonchev–Trinajstić information content (AvgIpc) is 3.16. The van der Waals surface area contributed by atoms with E-state index in [1.165, 1.54) is 0 Å². The second kappa shape index (κ2) is 6.26. The van der Waals surface area contributed by atoms with Gasteiger partial charge in [0.25, 0.3) is 0 Å². The van der Waals surface area contributed by atoms with Crippen LogP contribution >= 0.6 is 0 Å². The third-order valence-corrected chi connectivity index (χ3v) is 4.23. The number of carbonyl (C=O) groups is 1. The summed E-state index contributed by atoms with van der Waals surface area (Å²) in [4.78, 5) is 16.9. The van der Waals surface area contributed by atoms with E-state index in [-0.39, 0.29) is 5.78 Å². The fourth-order valence-electron chi connectivity index (χ4n) is 3.06. The molecule has 0 radical (unpaired) electrons. The van der Waals surface area contributed by atoms with Crippen molar-refractivity contribution >= 4 is 5.78 Å². The predicted octanol–water partition coefficient (Wildman–Crippen LogP) is 2.05. The van der Waals surface area contributed by atoms with Crippen LogP contribution in [0.15, 0.2) is 30.7 Å². The Labute approximate surface area is 125 Å². The lowest BCUT2D eigenvalue weighted by Gasteiger charge is -2.25. The van der Waals surface area contributed by atoms with E-state index in [9.17, 15) is 4.79 Å². The van der Waals surface area contributed by atoms with Crippen molar-refractivity contribution in [3.05, 3.63) is 42.2 Å². The smallest absolute Gasteiger partial charge is 0.186 e. The maximum absolute atomic E-state index is 12.6. The van der Waals surface area contributed by atoms with E-state index in [1.54, 1.807) is 6.20 Å². The molecule has 0 bridgehead atoms. The van der Waals surface area contributed by atoms with Crippen LogP contribution in [0.3, 0.4) is 0 Å². The molecule has 1 N–H and O–H groups in total. The van der Waals surface area contributed by atoms with Crippen LogP contribution in [-0.4, -0.2) is 33.0 Å². The molecule has 0 aliphatic carbocycles. The van der Waals surface area contributed by atoms with Gasteiger partial charge in [0.1, 0.15) is 5.82 Å². The van der Waals surface area contributed by atoms with E-state index >= 15 is 0 Å². The first-order chi connectivity index (χ1) is 10.3. The minimum absolute atomic E-state index is 0.152. The van der Waals surface area contributed by atoms with Gasteiger partial charge >= 0.3 is 0 Å². The number of nitrogens with zero attached hydrogens (tertiary/aromatic N) is 3. The van der Waals surface area contributed by atoms with E-state index in [2.05, 4.69) is 21.8 Å². The highest BCUT2D eigenvalue weighted by atomic mass is 16.1. The molecule has 5 heteroatoms. The summed E-state index contributed by atoms with van der Waals surface area (Å²) < 4.78 is 4.18. The Morgan fingerprint density at radius 3 is 2.95 bits per heavy atom. The Kier molecular flexibility index (Phi) is 4.20. The zero-order valence-corrected chi connectivity index (χ0v) is 12.5. The molecule has 0 spiro atoms. The van der Waals surface area contributed by atoms with Crippen LogP contribution in [-0.2, 0) is 13.0 Å². The maximum atomic E-state index is 12.6. The fourth-order valence-corrected chi connectivity index (χ4v) is 3.06. The van der Waals surface area contributed by atoms with Crippen molar-refractivity contribution in [2.45, 2.75) is 38.8 Å². The normalized spacial score (nSPS) is 16.2. The van der Waals surface area contributed by atoms with E-state index in [0.717, 1.165) is 44.0 Å². The van der Waals surface area contributed by atoms with Crippen LogP contribution in [0, 0.1) is 0 Å². The molecule has 1 fully saturated rings. The third-order valence-electron chi connectivity index (χ3n) is 4.23. The van der Waals surface area contributed by atoms with Crippen molar-refractivity contribution in [3.8, 4) is 0 Å². The van der Waals surface area contributed by atoms with Gasteiger partial charge in [0, 0.05) is 31.2 Å². The fraction of sp³-hybridized carbons (Fsp3) is 0.500. The molecule has 0 atom stereocenters. The van der Waals surface area contributed by atoms with Crippen molar-refractivity contribution < 1.29 is 4.79 Å². The highest BCUT2D eigenvalue weighted by molar-refractivity contribution is 5.95. The van der Waals surface area contributed by atoms with Gasteiger partial charge in [0.05, 0.1) is 12.1 Å². The number of imidazole rings is 1. The van der Waals surface area contributed by atoms with Crippen LogP contribution in [0.2, 0.25) is 0 Å². The third kappa shape index (κ3) is 2.93. The van der Waals surface area contributed by atoms with E-state index < -0.39 is 0 Å². The molecule has 2 aromatic heterocycles. The molecule has 0 amide bonds. The highest BCUT2D eigenvalue weighted by Gasteiger charge is 2.20. The molecule has 0 aromatic carbocycles. The quantitative estimate of drug-likeness (QED) is 0.856. The number of carbonyl (C=O) groups excluding carboxylic acids is 1. The van der Waals surface area contributed by atoms with Crippen LogP contribution in [0.25, 0.3) is 0 Å². The summed E-state index contributed by atoms with van der Waals surface area (Å²) in [5, 5.41) is 3.37. The van der Waals surface area contributed by atoms with Gasteiger partial charge in [-0.3, -0.25) is 4.79 Å². The molecule has 112 valence electrons. The molecule has 1 aliphatic heterocycles. The number of hydrogen-bond acceptors (Lipinski definition) is 3. The number of ketones is 1. The lowest BCUT2D eigenvalue weighted by molar-refractivity contribution is 0.0977. The molecule has 0 saturated carbocycles. The van der Waals surface area contributed by atoms with Crippen molar-refractivity contribution in [3.63, 3.8) is 0 Å². The van der Waals surface area contributed by atoms with Crippen LogP contribution in [0.4, 0.5) is 0 Å².